The van der Waals surface area contributed by atoms with E-state index in [0.717, 1.165) is 11.8 Å². The van der Waals surface area contributed by atoms with E-state index in [0.29, 0.717) is 27.7 Å². The van der Waals surface area contributed by atoms with Crippen LogP contribution in [-0.2, 0) is 9.53 Å². The number of halogens is 1. The molecule has 0 aliphatic carbocycles. The number of aliphatic hydroxyl groups is 1. The number of thioether (sulfide) groups is 1. The highest BCUT2D eigenvalue weighted by Gasteiger charge is 2.33. The number of aliphatic hydroxyl groups excluding tert-OH is 1. The summed E-state index contributed by atoms with van der Waals surface area (Å²) >= 11 is 1.08. The van der Waals surface area contributed by atoms with Gasteiger partial charge in [-0.2, -0.15) is 0 Å². The molecule has 0 radical (unpaired) electrons. The van der Waals surface area contributed by atoms with Gasteiger partial charge in [0.2, 0.25) is 0 Å². The molecule has 0 saturated heterocycles. The van der Waals surface area contributed by atoms with Crippen molar-refractivity contribution in [2.24, 2.45) is 4.99 Å². The zero-order chi connectivity index (χ0) is 21.0. The lowest BCUT2D eigenvalue weighted by molar-refractivity contribution is -0.135. The van der Waals surface area contributed by atoms with Crippen LogP contribution in [0.25, 0.3) is 6.08 Å². The van der Waals surface area contributed by atoms with Gasteiger partial charge in [0.25, 0.3) is 0 Å². The van der Waals surface area contributed by atoms with Gasteiger partial charge >= 0.3 is 5.97 Å². The van der Waals surface area contributed by atoms with E-state index in [2.05, 4.69) is 4.99 Å². The Balaban J connectivity index is 2.07. The van der Waals surface area contributed by atoms with Crippen molar-refractivity contribution >= 4 is 34.5 Å². The lowest BCUT2D eigenvalue weighted by Gasteiger charge is -2.06. The molecule has 2 aromatic rings. The molecule has 0 fully saturated rings. The van der Waals surface area contributed by atoms with Crippen molar-refractivity contribution < 1.29 is 28.5 Å². The SMILES string of the molecule is COC(=O)C1=C(O)C(=Cc2cc(OC)cc(OC)c2)SC1=Nc1cccc(F)c1. The molecule has 2 aromatic carbocycles. The molecular weight excluding hydrogens is 397 g/mol. The van der Waals surface area contributed by atoms with Gasteiger partial charge in [0.1, 0.15) is 33.7 Å². The number of nitrogens with zero attached hydrogens (tertiary/aromatic N) is 1. The van der Waals surface area contributed by atoms with Crippen LogP contribution in [0, 0.1) is 5.82 Å². The van der Waals surface area contributed by atoms with E-state index in [9.17, 15) is 14.3 Å². The fourth-order valence-electron chi connectivity index (χ4n) is 2.62. The molecule has 1 heterocycles. The lowest BCUT2D eigenvalue weighted by Crippen LogP contribution is -2.10. The summed E-state index contributed by atoms with van der Waals surface area (Å²) in [6.07, 6.45) is 1.67. The summed E-state index contributed by atoms with van der Waals surface area (Å²) < 4.78 is 28.8. The second-order valence-corrected chi connectivity index (χ2v) is 6.90. The van der Waals surface area contributed by atoms with Crippen LogP contribution in [0.5, 0.6) is 11.5 Å². The third-order valence-electron chi connectivity index (χ3n) is 3.99. The van der Waals surface area contributed by atoms with E-state index in [1.807, 2.05) is 0 Å². The van der Waals surface area contributed by atoms with E-state index in [1.165, 1.54) is 39.5 Å². The Morgan fingerprint density at radius 1 is 1.10 bits per heavy atom. The van der Waals surface area contributed by atoms with Gasteiger partial charge < -0.3 is 19.3 Å². The van der Waals surface area contributed by atoms with Gasteiger partial charge in [0.05, 0.1) is 31.9 Å². The van der Waals surface area contributed by atoms with E-state index in [4.69, 9.17) is 14.2 Å². The number of hydrogen-bond donors (Lipinski definition) is 1. The third kappa shape index (κ3) is 4.60. The number of carbonyl (C=O) groups excluding carboxylic acids is 1. The van der Waals surface area contributed by atoms with Crippen molar-refractivity contribution in [1.82, 2.24) is 0 Å². The monoisotopic (exact) mass is 415 g/mol. The summed E-state index contributed by atoms with van der Waals surface area (Å²) in [6, 6.07) is 10.9. The van der Waals surface area contributed by atoms with Gasteiger partial charge in [-0.15, -0.1) is 0 Å². The minimum atomic E-state index is -0.739. The molecule has 0 aromatic heterocycles. The number of aliphatic imine (C=N–C) groups is 1. The van der Waals surface area contributed by atoms with Gasteiger partial charge in [0, 0.05) is 6.07 Å². The topological polar surface area (TPSA) is 77.4 Å². The number of rotatable bonds is 5. The van der Waals surface area contributed by atoms with Crippen LogP contribution >= 0.6 is 11.8 Å². The molecule has 150 valence electrons. The number of hydrogen-bond acceptors (Lipinski definition) is 7. The number of carbonyl (C=O) groups is 1. The summed E-state index contributed by atoms with van der Waals surface area (Å²) in [4.78, 5) is 16.9. The van der Waals surface area contributed by atoms with Crippen molar-refractivity contribution in [3.05, 3.63) is 70.1 Å². The molecule has 0 atom stereocenters. The highest BCUT2D eigenvalue weighted by Crippen LogP contribution is 2.40. The van der Waals surface area contributed by atoms with E-state index >= 15 is 0 Å². The predicted octanol–water partition coefficient (Wildman–Crippen LogP) is 4.65. The van der Waals surface area contributed by atoms with Crippen LogP contribution in [0.3, 0.4) is 0 Å². The molecule has 0 amide bonds. The molecule has 1 N–H and O–H groups in total. The van der Waals surface area contributed by atoms with E-state index in [1.54, 1.807) is 30.3 Å². The Bertz CT molecular complexity index is 1020. The number of benzene rings is 2. The Morgan fingerprint density at radius 2 is 1.79 bits per heavy atom. The molecule has 6 nitrogen and oxygen atoms in total. The lowest BCUT2D eigenvalue weighted by atomic mass is 10.1. The van der Waals surface area contributed by atoms with Crippen LogP contribution in [-0.4, -0.2) is 37.4 Å². The third-order valence-corrected chi connectivity index (χ3v) is 5.01. The number of esters is 1. The fourth-order valence-corrected chi connectivity index (χ4v) is 3.65. The Hall–Kier alpha value is -3.26. The Kier molecular flexibility index (Phi) is 6.23. The van der Waals surface area contributed by atoms with Crippen LogP contribution in [0.15, 0.2) is 63.7 Å². The quantitative estimate of drug-likeness (QED) is 0.717. The Labute approximate surface area is 171 Å². The first-order chi connectivity index (χ1) is 13.9. The highest BCUT2D eigenvalue weighted by molar-refractivity contribution is 8.18. The standard InChI is InChI=1S/C21H18FNO5S/c1-26-15-7-12(8-16(11-15)27-2)9-17-19(24)18(21(25)28-3)20(29-17)23-14-6-4-5-13(22)10-14/h4-11,24H,1-3H3. The van der Waals surface area contributed by atoms with Gasteiger partial charge in [-0.3, -0.25) is 0 Å². The first-order valence-electron chi connectivity index (χ1n) is 8.44. The molecule has 1 aliphatic rings. The molecule has 0 saturated carbocycles. The zero-order valence-electron chi connectivity index (χ0n) is 15.9. The van der Waals surface area contributed by atoms with Crippen molar-refractivity contribution in [2.45, 2.75) is 0 Å². The maximum atomic E-state index is 13.5. The smallest absolute Gasteiger partial charge is 0.344 e. The van der Waals surface area contributed by atoms with Crippen LogP contribution in [0.4, 0.5) is 10.1 Å². The van der Waals surface area contributed by atoms with E-state index in [-0.39, 0.29) is 16.4 Å². The molecular formula is C21H18FNO5S. The van der Waals surface area contributed by atoms with Crippen molar-refractivity contribution in [1.29, 1.82) is 0 Å². The summed E-state index contributed by atoms with van der Waals surface area (Å²) in [5.41, 5.74) is 0.917. The fraction of sp³-hybridized carbons (Fsp3) is 0.143. The van der Waals surface area contributed by atoms with Crippen molar-refractivity contribution in [3.63, 3.8) is 0 Å². The second-order valence-electron chi connectivity index (χ2n) is 5.87. The first kappa shape index (κ1) is 20.5. The molecule has 8 heteroatoms. The van der Waals surface area contributed by atoms with Gasteiger partial charge in [-0.25, -0.2) is 14.2 Å². The minimum Gasteiger partial charge on any atom is -0.506 e. The Morgan fingerprint density at radius 3 is 2.38 bits per heavy atom. The zero-order valence-corrected chi connectivity index (χ0v) is 16.7. The summed E-state index contributed by atoms with van der Waals surface area (Å²) in [6.45, 7) is 0. The van der Waals surface area contributed by atoms with Gasteiger partial charge in [-0.05, 0) is 42.0 Å². The maximum Gasteiger partial charge on any atom is 0.344 e. The predicted molar refractivity (Wildman–Crippen MR) is 110 cm³/mol. The van der Waals surface area contributed by atoms with Crippen molar-refractivity contribution in [2.75, 3.05) is 21.3 Å². The molecule has 3 rings (SSSR count). The minimum absolute atomic E-state index is 0.0807. The first-order valence-corrected chi connectivity index (χ1v) is 9.26. The molecule has 0 bridgehead atoms. The average molecular weight is 415 g/mol. The second kappa shape index (κ2) is 8.83. The molecule has 0 spiro atoms. The van der Waals surface area contributed by atoms with Gasteiger partial charge in [0.15, 0.2) is 0 Å². The average Bonchev–Trinajstić information content (AvgIpc) is 3.01. The van der Waals surface area contributed by atoms with Crippen LogP contribution < -0.4 is 9.47 Å². The maximum absolute atomic E-state index is 13.5. The van der Waals surface area contributed by atoms with E-state index < -0.39 is 11.8 Å². The number of methoxy groups -OCH3 is 3. The van der Waals surface area contributed by atoms with Crippen LogP contribution in [0.2, 0.25) is 0 Å². The largest absolute Gasteiger partial charge is 0.506 e. The van der Waals surface area contributed by atoms with Gasteiger partial charge in [-0.1, -0.05) is 17.8 Å². The van der Waals surface area contributed by atoms with Crippen molar-refractivity contribution in [3.8, 4) is 11.5 Å². The highest BCUT2D eigenvalue weighted by atomic mass is 32.2. The summed E-state index contributed by atoms with van der Waals surface area (Å²) in [5.74, 6) is -0.313. The molecule has 29 heavy (non-hydrogen) atoms. The normalized spacial score (nSPS) is 16.4. The van der Waals surface area contributed by atoms with Crippen LogP contribution in [0.1, 0.15) is 5.56 Å². The summed E-state index contributed by atoms with van der Waals surface area (Å²) in [5, 5.41) is 10.8. The molecule has 1 aliphatic heterocycles. The summed E-state index contributed by atoms with van der Waals surface area (Å²) in [7, 11) is 4.28. The number of ether oxygens (including phenoxy) is 3. The molecule has 0 unspecified atom stereocenters.